The van der Waals surface area contributed by atoms with E-state index < -0.39 is 53.6 Å². The van der Waals surface area contributed by atoms with E-state index in [9.17, 15) is 43.5 Å². The third kappa shape index (κ3) is 29.4. The first kappa shape index (κ1) is 96.3. The minimum Gasteiger partial charge on any atom is -0.491 e. The number of rotatable bonds is 38. The third-order valence-electron chi connectivity index (χ3n) is 19.7. The lowest BCUT2D eigenvalue weighted by atomic mass is 9.73. The van der Waals surface area contributed by atoms with Crippen molar-refractivity contribution in [2.24, 2.45) is 0 Å². The van der Waals surface area contributed by atoms with E-state index in [1.54, 1.807) is 104 Å². The normalized spacial score (nSPS) is 10.7. The van der Waals surface area contributed by atoms with E-state index in [0.717, 1.165) is 91.1 Å². The van der Waals surface area contributed by atoms with Crippen LogP contribution in [0.25, 0.3) is 0 Å². The van der Waals surface area contributed by atoms with Crippen molar-refractivity contribution in [1.29, 1.82) is 0 Å². The number of hydrogen-bond acceptors (Lipinski definition) is 21. The third-order valence-corrected chi connectivity index (χ3v) is 19.7. The highest BCUT2D eigenvalue weighted by Gasteiger charge is 2.32. The zero-order chi connectivity index (χ0) is 90.4. The van der Waals surface area contributed by atoms with E-state index in [-0.39, 0.29) is 78.1 Å². The van der Waals surface area contributed by atoms with Crippen LogP contribution in [0.1, 0.15) is 146 Å². The number of aryl methyl sites for hydroxylation is 4. The molecule has 656 valence electrons. The smallest absolute Gasteiger partial charge is 0.343 e. The zero-order valence-electron chi connectivity index (χ0n) is 71.1. The molecule has 0 radical (unpaired) electrons. The van der Waals surface area contributed by atoms with Crippen molar-refractivity contribution in [2.75, 3.05) is 59.5 Å². The molecule has 0 spiro atoms. The number of aliphatic hydroxyl groups excluding tert-OH is 1. The lowest BCUT2D eigenvalue weighted by Gasteiger charge is -2.30. The van der Waals surface area contributed by atoms with Crippen molar-refractivity contribution in [1.82, 2.24) is 0 Å². The van der Waals surface area contributed by atoms with Gasteiger partial charge in [-0.2, -0.15) is 0 Å². The van der Waals surface area contributed by atoms with Crippen LogP contribution in [-0.2, 0) is 38.1 Å². The van der Waals surface area contributed by atoms with Crippen LogP contribution in [0.15, 0.2) is 342 Å². The van der Waals surface area contributed by atoms with Crippen LogP contribution in [-0.4, -0.2) is 112 Å². The molecule has 0 aliphatic heterocycles. The van der Waals surface area contributed by atoms with Gasteiger partial charge in [0.25, 0.3) is 0 Å². The summed E-state index contributed by atoms with van der Waals surface area (Å²) in [5.74, 6) is -1.10. The standard InChI is InChI=1S/C58H46O8.C43H44O11.C5H8O2.CH4/c1-37-5-13-45(14-6-37)55(59)63-49-29-21-41(22-30-49)53(42-23-31-50(32-24-42)64-56(60)46-15-7-38(2)8-16-46)54(43-25-33-51(34-26-43)65-57(61)47-17-9-39(3)10-18-47)44-27-35-52(36-28-44)66-58(62)48-19-11-40(4)12-20-48;1-4-39(45)52-28-25-49-36-17-9-32(10-18-36)42(31-7-15-35(16-8-31)48-24-23-44)43(33-11-19-37(20-12-33)50-26-29-53-40(46)5-2)34-13-21-38(22-14-34)51-27-30-54-41(47)6-3;1-3-5(6)7-4-2;/h5-36,53-54H,1-4H3;4-22,42-44H,1-3,23-30H2;3H,1,4H2,2H3;1H4. The summed E-state index contributed by atoms with van der Waals surface area (Å²) in [7, 11) is 0. The average molecular weight is 1720 g/mol. The van der Waals surface area contributed by atoms with Gasteiger partial charge in [0.2, 0.25) is 0 Å². The molecule has 0 saturated heterocycles. The molecule has 128 heavy (non-hydrogen) atoms. The van der Waals surface area contributed by atoms with Crippen LogP contribution in [0.5, 0.6) is 46.0 Å². The number of esters is 8. The first-order valence-electron chi connectivity index (χ1n) is 40.9. The van der Waals surface area contributed by atoms with Gasteiger partial charge < -0.3 is 61.9 Å². The Balaban J connectivity index is 0.000000272. The van der Waals surface area contributed by atoms with Gasteiger partial charge >= 0.3 is 47.8 Å². The first-order chi connectivity index (χ1) is 61.6. The molecule has 1 unspecified atom stereocenters. The van der Waals surface area contributed by atoms with E-state index in [1.165, 1.54) is 0 Å². The zero-order valence-corrected chi connectivity index (χ0v) is 71.1. The summed E-state index contributed by atoms with van der Waals surface area (Å²) in [6.07, 6.45) is 4.45. The summed E-state index contributed by atoms with van der Waals surface area (Å²) in [5, 5.41) is 9.27. The molecule has 0 amide bonds. The maximum atomic E-state index is 13.1. The molecule has 12 rings (SSSR count). The fraction of sp³-hybridized carbons (Fsp3) is 0.178. The van der Waals surface area contributed by atoms with E-state index in [0.29, 0.717) is 74.9 Å². The molecule has 1 N–H and O–H groups in total. The number of carbonyl (C=O) groups excluding carboxylic acids is 8. The molecule has 0 aliphatic rings. The molecule has 0 heterocycles. The van der Waals surface area contributed by atoms with Gasteiger partial charge in [-0.25, -0.2) is 38.4 Å². The van der Waals surface area contributed by atoms with Crippen LogP contribution < -0.4 is 37.9 Å². The Labute approximate surface area is 746 Å². The molecular weight excluding hydrogens is 1620 g/mol. The van der Waals surface area contributed by atoms with Gasteiger partial charge in [0.15, 0.2) is 0 Å². The second-order valence-electron chi connectivity index (χ2n) is 28.7. The van der Waals surface area contributed by atoms with E-state index >= 15 is 0 Å². The summed E-state index contributed by atoms with van der Waals surface area (Å²) in [4.78, 5) is 96.7. The van der Waals surface area contributed by atoms with Crippen molar-refractivity contribution < 1.29 is 100 Å². The van der Waals surface area contributed by atoms with Gasteiger partial charge in [-0.05, 0) is 225 Å². The lowest BCUT2D eigenvalue weighted by Crippen LogP contribution is -2.16. The van der Waals surface area contributed by atoms with Crippen molar-refractivity contribution in [3.63, 3.8) is 0 Å². The Bertz CT molecular complexity index is 5150. The van der Waals surface area contributed by atoms with Crippen LogP contribution in [0.2, 0.25) is 0 Å². The fourth-order valence-corrected chi connectivity index (χ4v) is 13.2. The Kier molecular flexibility index (Phi) is 37.4. The molecule has 12 aromatic carbocycles. The Morgan fingerprint density at radius 2 is 0.422 bits per heavy atom. The summed E-state index contributed by atoms with van der Waals surface area (Å²) in [6.45, 7) is 24.2. The van der Waals surface area contributed by atoms with E-state index in [2.05, 4.69) is 31.1 Å². The largest absolute Gasteiger partial charge is 0.491 e. The number of ether oxygens (including phenoxy) is 12. The van der Waals surface area contributed by atoms with Crippen LogP contribution in [0.3, 0.4) is 0 Å². The number of benzene rings is 12. The first-order valence-corrected chi connectivity index (χ1v) is 40.9. The van der Waals surface area contributed by atoms with Crippen LogP contribution >= 0.6 is 0 Å². The number of hydrogen-bond donors (Lipinski definition) is 1. The lowest BCUT2D eigenvalue weighted by molar-refractivity contribution is -0.139. The van der Waals surface area contributed by atoms with Crippen molar-refractivity contribution in [3.05, 3.63) is 431 Å². The Morgan fingerprint density at radius 3 is 0.586 bits per heavy atom. The van der Waals surface area contributed by atoms with Gasteiger partial charge in [0.05, 0.1) is 35.5 Å². The molecule has 0 aliphatic carbocycles. The predicted molar refractivity (Wildman–Crippen MR) is 490 cm³/mol. The SMILES string of the molecule is C.C=CC(=O)OCC.C=CC(=O)OCCOc1ccc(C(c2ccc(OCCO)cc2)C(c2ccc(OCCOC(=O)C=C)cc2)c2ccc(OCCOC(=O)C=C)cc2)cc1.Cc1ccc(C(=O)Oc2ccc(C(c3ccc(OC(=O)c4ccc(C)cc4)cc3)C(c3ccc(OC(=O)c4ccc(C)cc4)cc3)c3ccc(OC(=O)c4ccc(C)cc4)cc3)cc2)cc1. The summed E-state index contributed by atoms with van der Waals surface area (Å²) >= 11 is 0. The number of carbonyl (C=O) groups is 8. The molecule has 0 bridgehead atoms. The Morgan fingerprint density at radius 1 is 0.250 bits per heavy atom. The minimum atomic E-state index is -0.517. The summed E-state index contributed by atoms with van der Waals surface area (Å²) in [6, 6.07) is 89.4. The predicted octanol–water partition coefficient (Wildman–Crippen LogP) is 20.5. The topological polar surface area (TPSA) is 268 Å². The highest BCUT2D eigenvalue weighted by molar-refractivity contribution is 5.93. The molecule has 0 fully saturated rings. The molecule has 21 nitrogen and oxygen atoms in total. The van der Waals surface area contributed by atoms with E-state index in [4.69, 9.17) is 52.1 Å². The molecular formula is C107H102O21. The van der Waals surface area contributed by atoms with Crippen molar-refractivity contribution >= 4 is 47.8 Å². The molecule has 0 saturated carbocycles. The summed E-state index contributed by atoms with van der Waals surface area (Å²) < 4.78 is 65.9. The maximum absolute atomic E-state index is 13.1. The Hall–Kier alpha value is -15.5. The fourth-order valence-electron chi connectivity index (χ4n) is 13.2. The molecule has 12 aromatic rings. The molecule has 0 aromatic heterocycles. The molecule has 21 heteroatoms. The van der Waals surface area contributed by atoms with Gasteiger partial charge in [-0.3, -0.25) is 0 Å². The minimum absolute atomic E-state index is 0. The van der Waals surface area contributed by atoms with E-state index in [1.807, 2.05) is 222 Å². The van der Waals surface area contributed by atoms with Crippen LogP contribution in [0, 0.1) is 27.7 Å². The quantitative estimate of drug-likeness (QED) is 0.0124. The maximum Gasteiger partial charge on any atom is 0.343 e. The highest BCUT2D eigenvalue weighted by atomic mass is 16.6. The number of aliphatic hydroxyl groups is 1. The van der Waals surface area contributed by atoms with Crippen LogP contribution in [0.4, 0.5) is 0 Å². The van der Waals surface area contributed by atoms with Gasteiger partial charge in [0.1, 0.15) is 92.2 Å². The second-order valence-corrected chi connectivity index (χ2v) is 28.7. The van der Waals surface area contributed by atoms with Gasteiger partial charge in [-0.15, -0.1) is 0 Å². The highest BCUT2D eigenvalue weighted by Crippen LogP contribution is 2.47. The van der Waals surface area contributed by atoms with Gasteiger partial charge in [0, 0.05) is 48.0 Å². The molecule has 1 atom stereocenters. The summed E-state index contributed by atoms with van der Waals surface area (Å²) in [5.41, 5.74) is 13.3. The van der Waals surface area contributed by atoms with Crippen molar-refractivity contribution in [2.45, 2.75) is 65.7 Å². The average Bonchev–Trinajstić information content (AvgIpc) is 0.779. The van der Waals surface area contributed by atoms with Gasteiger partial charge in [-0.1, -0.05) is 202 Å². The van der Waals surface area contributed by atoms with Crippen molar-refractivity contribution in [3.8, 4) is 46.0 Å². The monoisotopic (exact) mass is 1720 g/mol. The second kappa shape index (κ2) is 49.7.